The summed E-state index contributed by atoms with van der Waals surface area (Å²) in [5.74, 6) is 0.777. The number of methoxy groups -OCH3 is 1. The fourth-order valence-electron chi connectivity index (χ4n) is 1.95. The highest BCUT2D eigenvalue weighted by molar-refractivity contribution is 7.09. The van der Waals surface area contributed by atoms with E-state index in [2.05, 4.69) is 29.3 Å². The van der Waals surface area contributed by atoms with Gasteiger partial charge < -0.3 is 9.64 Å². The molecule has 0 N–H and O–H groups in total. The van der Waals surface area contributed by atoms with Gasteiger partial charge in [-0.3, -0.25) is 0 Å². The van der Waals surface area contributed by atoms with Crippen molar-refractivity contribution in [2.75, 3.05) is 18.6 Å². The molecule has 98 valence electrons. The minimum Gasteiger partial charge on any atom is -0.497 e. The molecule has 0 aliphatic rings. The predicted molar refractivity (Wildman–Crippen MR) is 78.8 cm³/mol. The van der Waals surface area contributed by atoms with Gasteiger partial charge in [0.25, 0.3) is 0 Å². The number of ether oxygens (including phenoxy) is 1. The van der Waals surface area contributed by atoms with Crippen LogP contribution < -0.4 is 9.64 Å². The van der Waals surface area contributed by atoms with Gasteiger partial charge in [0, 0.05) is 17.5 Å². The first kappa shape index (κ1) is 13.4. The molecule has 0 saturated carbocycles. The highest BCUT2D eigenvalue weighted by Gasteiger charge is 2.12. The molecule has 0 spiro atoms. The molecule has 2 aromatic rings. The first-order valence-corrected chi connectivity index (χ1v) is 7.02. The van der Waals surface area contributed by atoms with Gasteiger partial charge in [0.1, 0.15) is 11.8 Å². The van der Waals surface area contributed by atoms with Crippen LogP contribution in [0.15, 0.2) is 35.7 Å². The van der Waals surface area contributed by atoms with Crippen LogP contribution >= 0.6 is 11.3 Å². The molecule has 0 radical (unpaired) electrons. The van der Waals surface area contributed by atoms with Crippen molar-refractivity contribution in [1.29, 1.82) is 5.26 Å². The molecule has 4 heteroatoms. The number of rotatable bonds is 5. The van der Waals surface area contributed by atoms with Gasteiger partial charge in [-0.05, 0) is 30.5 Å². The van der Waals surface area contributed by atoms with E-state index in [9.17, 15) is 5.26 Å². The molecule has 3 nitrogen and oxygen atoms in total. The fourth-order valence-corrected chi connectivity index (χ4v) is 2.67. The Morgan fingerprint density at radius 2 is 2.21 bits per heavy atom. The zero-order chi connectivity index (χ0) is 13.7. The summed E-state index contributed by atoms with van der Waals surface area (Å²) in [6.07, 6.45) is 0. The molecule has 0 saturated heterocycles. The molecular formula is C15H16N2OS. The second-order valence-corrected chi connectivity index (χ2v) is 5.12. The van der Waals surface area contributed by atoms with Crippen molar-refractivity contribution in [2.24, 2.45) is 0 Å². The summed E-state index contributed by atoms with van der Waals surface area (Å²) in [5.41, 5.74) is 1.61. The standard InChI is InChI=1S/C15H16N2OS/c1-3-17(11-14-5-4-8-19-14)15-9-13(18-2)7-6-12(15)10-16/h4-9H,3,11H2,1-2H3. The Kier molecular flexibility index (Phi) is 4.43. The van der Waals surface area contributed by atoms with E-state index in [1.165, 1.54) is 4.88 Å². The molecule has 1 heterocycles. The van der Waals surface area contributed by atoms with Crippen molar-refractivity contribution in [2.45, 2.75) is 13.5 Å². The first-order chi connectivity index (χ1) is 9.28. The van der Waals surface area contributed by atoms with Crippen molar-refractivity contribution in [3.05, 3.63) is 46.2 Å². The van der Waals surface area contributed by atoms with Gasteiger partial charge in [-0.1, -0.05) is 6.07 Å². The van der Waals surface area contributed by atoms with Crippen LogP contribution in [0.25, 0.3) is 0 Å². The van der Waals surface area contributed by atoms with Gasteiger partial charge in [-0.2, -0.15) is 5.26 Å². The van der Waals surface area contributed by atoms with E-state index in [1.54, 1.807) is 18.4 Å². The summed E-state index contributed by atoms with van der Waals surface area (Å²) in [7, 11) is 1.64. The second-order valence-electron chi connectivity index (χ2n) is 4.09. The van der Waals surface area contributed by atoms with Crippen molar-refractivity contribution in [1.82, 2.24) is 0 Å². The summed E-state index contributed by atoms with van der Waals surface area (Å²) in [4.78, 5) is 3.47. The monoisotopic (exact) mass is 272 g/mol. The minimum atomic E-state index is 0.680. The van der Waals surface area contributed by atoms with E-state index >= 15 is 0 Å². The highest BCUT2D eigenvalue weighted by atomic mass is 32.1. The van der Waals surface area contributed by atoms with E-state index in [0.29, 0.717) is 5.56 Å². The number of hydrogen-bond acceptors (Lipinski definition) is 4. The zero-order valence-corrected chi connectivity index (χ0v) is 11.9. The van der Waals surface area contributed by atoms with Gasteiger partial charge in [-0.25, -0.2) is 0 Å². The molecule has 0 unspecified atom stereocenters. The lowest BCUT2D eigenvalue weighted by Gasteiger charge is -2.24. The number of nitrogens with zero attached hydrogens (tertiary/aromatic N) is 2. The first-order valence-electron chi connectivity index (χ1n) is 6.14. The molecule has 1 aromatic carbocycles. The number of hydrogen-bond donors (Lipinski definition) is 0. The van der Waals surface area contributed by atoms with Gasteiger partial charge in [0.15, 0.2) is 0 Å². The van der Waals surface area contributed by atoms with Gasteiger partial charge in [0.05, 0.1) is 24.9 Å². The Bertz CT molecular complexity index is 572. The second kappa shape index (κ2) is 6.26. The minimum absolute atomic E-state index is 0.680. The van der Waals surface area contributed by atoms with E-state index in [4.69, 9.17) is 4.74 Å². The molecule has 2 rings (SSSR count). The van der Waals surface area contributed by atoms with E-state index < -0.39 is 0 Å². The van der Waals surface area contributed by atoms with Crippen LogP contribution in [0.4, 0.5) is 5.69 Å². The Hall–Kier alpha value is -1.99. The summed E-state index contributed by atoms with van der Waals surface area (Å²) in [5, 5.41) is 11.3. The van der Waals surface area contributed by atoms with Crippen molar-refractivity contribution < 1.29 is 4.74 Å². The summed E-state index contributed by atoms with van der Waals surface area (Å²) >= 11 is 1.73. The van der Waals surface area contributed by atoms with E-state index in [-0.39, 0.29) is 0 Å². The van der Waals surface area contributed by atoms with Gasteiger partial charge >= 0.3 is 0 Å². The summed E-state index contributed by atoms with van der Waals surface area (Å²) in [6, 6.07) is 12.0. The molecule has 0 fully saturated rings. The number of thiophene rings is 1. The van der Waals surface area contributed by atoms with Crippen LogP contribution in [-0.4, -0.2) is 13.7 Å². The largest absolute Gasteiger partial charge is 0.497 e. The van der Waals surface area contributed by atoms with Crippen LogP contribution in [0, 0.1) is 11.3 Å². The van der Waals surface area contributed by atoms with E-state index in [1.807, 2.05) is 24.3 Å². The number of anilines is 1. The molecule has 0 aliphatic carbocycles. The molecule has 0 amide bonds. The third-order valence-electron chi connectivity index (χ3n) is 2.97. The maximum absolute atomic E-state index is 9.24. The van der Waals surface area contributed by atoms with Crippen LogP contribution in [0.2, 0.25) is 0 Å². The Morgan fingerprint density at radius 3 is 2.79 bits per heavy atom. The molecule has 19 heavy (non-hydrogen) atoms. The third kappa shape index (κ3) is 3.07. The third-order valence-corrected chi connectivity index (χ3v) is 3.84. The lowest BCUT2D eigenvalue weighted by molar-refractivity contribution is 0.414. The fraction of sp³-hybridized carbons (Fsp3) is 0.267. The lowest BCUT2D eigenvalue weighted by atomic mass is 10.1. The summed E-state index contributed by atoms with van der Waals surface area (Å²) < 4.78 is 5.25. The average molecular weight is 272 g/mol. The van der Waals surface area contributed by atoms with Crippen LogP contribution in [0.3, 0.4) is 0 Å². The topological polar surface area (TPSA) is 36.3 Å². The van der Waals surface area contributed by atoms with Gasteiger partial charge in [-0.15, -0.1) is 11.3 Å². The normalized spacial score (nSPS) is 9.95. The molecule has 0 bridgehead atoms. The van der Waals surface area contributed by atoms with Crippen molar-refractivity contribution in [3.63, 3.8) is 0 Å². The number of benzene rings is 1. The molecule has 0 aliphatic heterocycles. The molecule has 0 atom stereocenters. The Morgan fingerprint density at radius 1 is 1.37 bits per heavy atom. The quantitative estimate of drug-likeness (QED) is 0.833. The SMILES string of the molecule is CCN(Cc1cccs1)c1cc(OC)ccc1C#N. The van der Waals surface area contributed by atoms with Crippen LogP contribution in [0.1, 0.15) is 17.4 Å². The smallest absolute Gasteiger partial charge is 0.121 e. The maximum Gasteiger partial charge on any atom is 0.121 e. The molecular weight excluding hydrogens is 256 g/mol. The zero-order valence-electron chi connectivity index (χ0n) is 11.1. The van der Waals surface area contributed by atoms with Crippen molar-refractivity contribution >= 4 is 17.0 Å². The van der Waals surface area contributed by atoms with Crippen LogP contribution in [0.5, 0.6) is 5.75 Å². The Labute approximate surface area is 117 Å². The lowest BCUT2D eigenvalue weighted by Crippen LogP contribution is -2.22. The molecule has 1 aromatic heterocycles. The van der Waals surface area contributed by atoms with E-state index in [0.717, 1.165) is 24.5 Å². The maximum atomic E-state index is 9.24. The average Bonchev–Trinajstić information content (AvgIpc) is 2.97. The van der Waals surface area contributed by atoms with Gasteiger partial charge in [0.2, 0.25) is 0 Å². The van der Waals surface area contributed by atoms with Crippen molar-refractivity contribution in [3.8, 4) is 11.8 Å². The summed E-state index contributed by atoms with van der Waals surface area (Å²) in [6.45, 7) is 3.75. The number of nitriles is 1. The Balaban J connectivity index is 2.33. The predicted octanol–water partition coefficient (Wildman–Crippen LogP) is 3.65. The van der Waals surface area contributed by atoms with Crippen LogP contribution in [-0.2, 0) is 6.54 Å². The highest BCUT2D eigenvalue weighted by Crippen LogP contribution is 2.27.